The number of piperidine rings is 4. The van der Waals surface area contributed by atoms with Gasteiger partial charge in [-0.3, -0.25) is 14.5 Å². The van der Waals surface area contributed by atoms with Crippen LogP contribution in [0.2, 0.25) is 0 Å². The molecular weight excluding hydrogens is 735 g/mol. The zero-order valence-corrected chi connectivity index (χ0v) is 32.5. The fourth-order valence-corrected chi connectivity index (χ4v) is 8.60. The number of alkyl carbamates (subject to hydrolysis) is 1. The monoisotopic (exact) mass is 785 g/mol. The molecule has 0 saturated carbocycles. The lowest BCUT2D eigenvalue weighted by molar-refractivity contribution is -0.0336. The number of aromatic nitrogens is 1. The number of carbonyl (C=O) groups excluding carboxylic acids is 2. The van der Waals surface area contributed by atoms with E-state index in [1.165, 1.54) is 12.1 Å². The van der Waals surface area contributed by atoms with Gasteiger partial charge in [0, 0.05) is 49.7 Å². The minimum absolute atomic E-state index is 0.00531. The smallest absolute Gasteiger partial charge is 0.408 e. The standard InChI is InChI=1S/C46H51N5O7/c52-39-15-13-37(38-14-16-42(54)48-44(38)39)40(53)27-47-26-30-9-11-34(12-10-30)45(55)51-23-17-31(18-24-51)29-57-36-8-4-7-35(25-36)43(33-5-2-1-3-6-33)49-46(56)58-41-28-50-21-19-32(41)20-22-50/h1-16,25,31-32,40-41,43,47,52-53H,17-24,26-29H2,(H,48,54)(H,49,56)/t40?,41?,43-/m0/s1. The minimum Gasteiger partial charge on any atom is -0.506 e. The summed E-state index contributed by atoms with van der Waals surface area (Å²) in [5.41, 5.74) is 4.05. The number of fused-ring (bicyclic) bond motifs is 4. The number of amides is 2. The molecule has 3 atom stereocenters. The Balaban J connectivity index is 0.800. The van der Waals surface area contributed by atoms with E-state index < -0.39 is 18.2 Å². The van der Waals surface area contributed by atoms with Crippen LogP contribution in [0.3, 0.4) is 0 Å². The first-order valence-electron chi connectivity index (χ1n) is 20.4. The van der Waals surface area contributed by atoms with Crippen LogP contribution in [0, 0.1) is 11.8 Å². The Hall–Kier alpha value is -5.69. The number of likely N-dealkylation sites (tertiary alicyclic amines) is 1. The lowest BCUT2D eigenvalue weighted by Gasteiger charge is -2.43. The molecule has 4 aliphatic heterocycles. The summed E-state index contributed by atoms with van der Waals surface area (Å²) in [6.07, 6.45) is 2.49. The van der Waals surface area contributed by atoms with Crippen molar-refractivity contribution in [2.45, 2.75) is 50.5 Å². The first kappa shape index (κ1) is 39.2. The predicted octanol–water partition coefficient (Wildman–Crippen LogP) is 5.90. The van der Waals surface area contributed by atoms with Crippen molar-refractivity contribution in [3.05, 3.63) is 141 Å². The van der Waals surface area contributed by atoms with Crippen LogP contribution in [0.4, 0.5) is 4.79 Å². The molecule has 5 heterocycles. The minimum atomic E-state index is -0.862. The third-order valence-electron chi connectivity index (χ3n) is 12.0. The summed E-state index contributed by atoms with van der Waals surface area (Å²) in [7, 11) is 0. The van der Waals surface area contributed by atoms with E-state index in [0.29, 0.717) is 60.1 Å². The Morgan fingerprint density at radius 2 is 1.60 bits per heavy atom. The van der Waals surface area contributed by atoms with Gasteiger partial charge in [-0.15, -0.1) is 0 Å². The fourth-order valence-electron chi connectivity index (χ4n) is 8.60. The second kappa shape index (κ2) is 17.8. The van der Waals surface area contributed by atoms with Crippen molar-refractivity contribution in [2.24, 2.45) is 11.8 Å². The molecule has 5 N–H and O–H groups in total. The number of benzene rings is 4. The SMILES string of the molecule is O=C(N[C@@H](c1ccccc1)c1cccc(OCC2CCN(C(=O)c3ccc(CNCC(O)c4ccc(O)c5[nH]c(=O)ccc45)cc3)CC2)c1)OC1CN2CCC1CC2. The number of H-pyrrole nitrogens is 1. The number of aliphatic hydroxyl groups is 1. The molecule has 9 rings (SSSR count). The molecule has 2 amide bonds. The normalized spacial score (nSPS) is 20.4. The van der Waals surface area contributed by atoms with E-state index in [-0.39, 0.29) is 29.9 Å². The highest BCUT2D eigenvalue weighted by molar-refractivity contribution is 5.94. The maximum absolute atomic E-state index is 13.4. The van der Waals surface area contributed by atoms with Gasteiger partial charge in [-0.05, 0) is 109 Å². The number of aromatic hydroxyl groups is 1. The molecule has 4 aromatic carbocycles. The lowest BCUT2D eigenvalue weighted by Crippen LogP contribution is -2.52. The van der Waals surface area contributed by atoms with E-state index in [1.807, 2.05) is 83.8 Å². The number of ether oxygens (including phenoxy) is 2. The summed E-state index contributed by atoms with van der Waals surface area (Å²) in [5, 5.41) is 28.0. The third-order valence-corrected chi connectivity index (χ3v) is 12.0. The van der Waals surface area contributed by atoms with Crippen LogP contribution in [0.15, 0.2) is 108 Å². The van der Waals surface area contributed by atoms with Crippen molar-refractivity contribution in [3.8, 4) is 11.5 Å². The molecule has 12 heteroatoms. The van der Waals surface area contributed by atoms with Gasteiger partial charge < -0.3 is 40.2 Å². The van der Waals surface area contributed by atoms with Gasteiger partial charge in [-0.1, -0.05) is 60.7 Å². The zero-order chi connectivity index (χ0) is 40.0. The first-order valence-corrected chi connectivity index (χ1v) is 20.4. The largest absolute Gasteiger partial charge is 0.506 e. The van der Waals surface area contributed by atoms with Gasteiger partial charge in [0.2, 0.25) is 5.56 Å². The van der Waals surface area contributed by atoms with Crippen LogP contribution in [-0.2, 0) is 11.3 Å². The van der Waals surface area contributed by atoms with Crippen molar-refractivity contribution >= 4 is 22.9 Å². The van der Waals surface area contributed by atoms with E-state index >= 15 is 0 Å². The quantitative estimate of drug-likeness (QED) is 0.0982. The Kier molecular flexibility index (Phi) is 12.0. The van der Waals surface area contributed by atoms with E-state index in [2.05, 4.69) is 20.5 Å². The maximum atomic E-state index is 13.4. The number of phenols is 1. The number of aliphatic hydroxyl groups excluding tert-OH is 1. The number of phenolic OH excluding ortho intramolecular Hbond substituents is 1. The van der Waals surface area contributed by atoms with Crippen molar-refractivity contribution in [1.82, 2.24) is 25.4 Å². The predicted molar refractivity (Wildman–Crippen MR) is 221 cm³/mol. The number of hydrogen-bond acceptors (Lipinski definition) is 9. The van der Waals surface area contributed by atoms with Gasteiger partial charge in [-0.2, -0.15) is 0 Å². The third kappa shape index (κ3) is 9.20. The highest BCUT2D eigenvalue weighted by Crippen LogP contribution is 2.32. The van der Waals surface area contributed by atoms with Gasteiger partial charge in [0.05, 0.1) is 24.3 Å². The van der Waals surface area contributed by atoms with Crippen LogP contribution in [0.5, 0.6) is 11.5 Å². The number of aromatic amines is 1. The number of rotatable bonds is 13. The summed E-state index contributed by atoms with van der Waals surface area (Å²) in [5.74, 6) is 1.42. The molecule has 2 unspecified atom stereocenters. The molecular formula is C46H51N5O7. The molecule has 4 fully saturated rings. The average molecular weight is 786 g/mol. The maximum Gasteiger partial charge on any atom is 0.408 e. The van der Waals surface area contributed by atoms with Gasteiger partial charge in [0.1, 0.15) is 17.6 Å². The van der Waals surface area contributed by atoms with Crippen LogP contribution >= 0.6 is 0 Å². The van der Waals surface area contributed by atoms with Crippen molar-refractivity contribution in [3.63, 3.8) is 0 Å². The molecule has 2 bridgehead atoms. The Morgan fingerprint density at radius 3 is 2.34 bits per heavy atom. The summed E-state index contributed by atoms with van der Waals surface area (Å²) >= 11 is 0. The number of pyridine rings is 1. The highest BCUT2D eigenvalue weighted by atomic mass is 16.6. The fraction of sp³-hybridized carbons (Fsp3) is 0.370. The second-order valence-electron chi connectivity index (χ2n) is 15.8. The Morgan fingerprint density at radius 1 is 0.845 bits per heavy atom. The van der Waals surface area contributed by atoms with Crippen molar-refractivity contribution in [2.75, 3.05) is 45.9 Å². The number of carbonyl (C=O) groups is 2. The summed E-state index contributed by atoms with van der Waals surface area (Å²) in [4.78, 5) is 45.3. The van der Waals surface area contributed by atoms with E-state index in [4.69, 9.17) is 9.47 Å². The first-order chi connectivity index (χ1) is 28.3. The summed E-state index contributed by atoms with van der Waals surface area (Å²) in [6, 6.07) is 31.0. The average Bonchev–Trinajstić information content (AvgIpc) is 3.26. The van der Waals surface area contributed by atoms with Crippen LogP contribution in [-0.4, -0.2) is 89.0 Å². The highest BCUT2D eigenvalue weighted by Gasteiger charge is 2.37. The molecule has 0 aliphatic carbocycles. The zero-order valence-electron chi connectivity index (χ0n) is 32.5. The topological polar surface area (TPSA) is 156 Å². The van der Waals surface area contributed by atoms with Gasteiger partial charge in [0.15, 0.2) is 0 Å². The van der Waals surface area contributed by atoms with Crippen LogP contribution < -0.4 is 20.9 Å². The summed E-state index contributed by atoms with van der Waals surface area (Å²) in [6.45, 7) is 5.56. The molecule has 302 valence electrons. The molecule has 58 heavy (non-hydrogen) atoms. The number of nitrogens with zero attached hydrogens (tertiary/aromatic N) is 2. The van der Waals surface area contributed by atoms with E-state index in [9.17, 15) is 24.6 Å². The van der Waals surface area contributed by atoms with Crippen LogP contribution in [0.25, 0.3) is 10.9 Å². The molecule has 4 aliphatic rings. The molecule has 0 radical (unpaired) electrons. The Bertz CT molecular complexity index is 2250. The molecule has 12 nitrogen and oxygen atoms in total. The second-order valence-corrected chi connectivity index (χ2v) is 15.8. The van der Waals surface area contributed by atoms with Crippen LogP contribution in [0.1, 0.15) is 70.4 Å². The van der Waals surface area contributed by atoms with Crippen molar-refractivity contribution < 1.29 is 29.3 Å². The summed E-state index contributed by atoms with van der Waals surface area (Å²) < 4.78 is 12.3. The van der Waals surface area contributed by atoms with Gasteiger partial charge in [0.25, 0.3) is 5.91 Å². The molecule has 1 aromatic heterocycles. The molecule has 5 aromatic rings. The Labute approximate surface area is 337 Å². The van der Waals surface area contributed by atoms with Crippen molar-refractivity contribution in [1.29, 1.82) is 0 Å². The molecule has 0 spiro atoms. The van der Waals surface area contributed by atoms with E-state index in [1.54, 1.807) is 12.1 Å². The van der Waals surface area contributed by atoms with Gasteiger partial charge in [-0.25, -0.2) is 4.79 Å². The number of hydrogen-bond donors (Lipinski definition) is 5. The number of nitrogens with one attached hydrogen (secondary N) is 3. The molecule has 4 saturated heterocycles. The van der Waals surface area contributed by atoms with E-state index in [0.717, 1.165) is 67.8 Å². The lowest BCUT2D eigenvalue weighted by atomic mass is 9.86. The van der Waals surface area contributed by atoms with Gasteiger partial charge >= 0.3 is 6.09 Å².